The van der Waals surface area contributed by atoms with Crippen LogP contribution in [0.1, 0.15) is 81.4 Å². The topological polar surface area (TPSA) is 113 Å². The van der Waals surface area contributed by atoms with Crippen LogP contribution in [0, 0.1) is 31.6 Å². The van der Waals surface area contributed by atoms with Gasteiger partial charge < -0.3 is 19.7 Å². The molecule has 0 spiro atoms. The highest BCUT2D eigenvalue weighted by molar-refractivity contribution is 6.06. The van der Waals surface area contributed by atoms with E-state index in [1.807, 2.05) is 56.3 Å². The molecule has 0 unspecified atom stereocenters. The van der Waals surface area contributed by atoms with E-state index in [-0.39, 0.29) is 30.3 Å². The number of amides is 2. The Kier molecular flexibility index (Phi) is 11.0. The van der Waals surface area contributed by atoms with Crippen molar-refractivity contribution in [1.82, 2.24) is 4.90 Å². The zero-order valence-electron chi connectivity index (χ0n) is 27.3. The Morgan fingerprint density at radius 2 is 1.74 bits per heavy atom. The molecule has 246 valence electrons. The highest BCUT2D eigenvalue weighted by atomic mass is 16.5. The number of carboxylic acids is 1. The van der Waals surface area contributed by atoms with Gasteiger partial charge in [-0.05, 0) is 104 Å². The lowest BCUT2D eigenvalue weighted by atomic mass is 9.69. The molecule has 4 atom stereocenters. The van der Waals surface area contributed by atoms with Crippen molar-refractivity contribution >= 4 is 23.9 Å². The molecule has 2 aromatic carbocycles. The fourth-order valence-electron chi connectivity index (χ4n) is 7.52. The number of rotatable bonds is 15. The molecule has 8 nitrogen and oxygen atoms in total. The lowest BCUT2D eigenvalue weighted by molar-refractivity contribution is -0.141. The number of aryl methyl sites for hydroxylation is 2. The maximum absolute atomic E-state index is 13.8. The van der Waals surface area contributed by atoms with Gasteiger partial charge in [-0.3, -0.25) is 19.3 Å². The second kappa shape index (κ2) is 15.1. The molecule has 2 saturated heterocycles. The van der Waals surface area contributed by atoms with E-state index in [1.54, 1.807) is 0 Å². The van der Waals surface area contributed by atoms with Gasteiger partial charge in [0.25, 0.3) is 0 Å². The zero-order valence-corrected chi connectivity index (χ0v) is 27.3. The predicted molar refractivity (Wildman–Crippen MR) is 176 cm³/mol. The molecule has 2 aromatic rings. The number of allylic oxidation sites excluding steroid dienone is 1. The van der Waals surface area contributed by atoms with E-state index in [1.165, 1.54) is 10.5 Å². The van der Waals surface area contributed by atoms with Gasteiger partial charge in [0.05, 0.1) is 24.5 Å². The number of fused-ring (bicyclic) bond motifs is 3. The molecular weight excluding hydrogens is 582 g/mol. The number of unbranched alkanes of at least 4 members (excludes halogenated alkanes) is 2. The van der Waals surface area contributed by atoms with E-state index >= 15 is 0 Å². The molecule has 2 amide bonds. The lowest BCUT2D eigenvalue weighted by Gasteiger charge is -2.32. The van der Waals surface area contributed by atoms with Crippen molar-refractivity contribution < 1.29 is 34.1 Å². The highest BCUT2D eigenvalue weighted by Crippen LogP contribution is 2.50. The van der Waals surface area contributed by atoms with E-state index < -0.39 is 17.8 Å². The minimum atomic E-state index is -0.832. The number of aromatic hydroxyl groups is 1. The largest absolute Gasteiger partial charge is 0.507 e. The zero-order chi connectivity index (χ0) is 32.8. The quantitative estimate of drug-likeness (QED) is 0.124. The summed E-state index contributed by atoms with van der Waals surface area (Å²) in [4.78, 5) is 39.7. The van der Waals surface area contributed by atoms with Gasteiger partial charge in [0.15, 0.2) is 0 Å². The van der Waals surface area contributed by atoms with Crippen molar-refractivity contribution in [2.75, 3.05) is 19.8 Å². The molecule has 0 radical (unpaired) electrons. The maximum atomic E-state index is 13.8. The van der Waals surface area contributed by atoms with Crippen molar-refractivity contribution in [2.45, 2.75) is 84.7 Å². The number of hydrogen-bond acceptors (Lipinski definition) is 6. The number of likely N-dealkylation sites (tertiary alicyclic amines) is 1. The summed E-state index contributed by atoms with van der Waals surface area (Å²) in [5.74, 6) is -0.991. The van der Waals surface area contributed by atoms with Crippen LogP contribution in [0.15, 0.2) is 59.2 Å². The fraction of sp³-hybridized carbons (Fsp3) is 0.500. The summed E-state index contributed by atoms with van der Waals surface area (Å²) in [6, 6.07) is 13.7. The van der Waals surface area contributed by atoms with E-state index in [0.29, 0.717) is 51.2 Å². The fourth-order valence-corrected chi connectivity index (χ4v) is 7.52. The van der Waals surface area contributed by atoms with Crippen molar-refractivity contribution in [3.8, 4) is 11.5 Å². The average molecular weight is 630 g/mol. The summed E-state index contributed by atoms with van der Waals surface area (Å²) in [6.07, 6.45) is 8.02. The van der Waals surface area contributed by atoms with E-state index in [2.05, 4.69) is 13.0 Å². The van der Waals surface area contributed by atoms with Crippen LogP contribution in [0.5, 0.6) is 11.5 Å². The first-order chi connectivity index (χ1) is 22.2. The number of ether oxygens (including phenoxy) is 2. The Labute approximate surface area is 272 Å². The summed E-state index contributed by atoms with van der Waals surface area (Å²) in [7, 11) is 0. The summed E-state index contributed by atoms with van der Waals surface area (Å²) in [5.41, 5.74) is 6.31. The molecule has 0 saturated carbocycles. The van der Waals surface area contributed by atoms with Gasteiger partial charge in [0.1, 0.15) is 18.1 Å². The summed E-state index contributed by atoms with van der Waals surface area (Å²) in [6.45, 7) is 7.09. The first kappa shape index (κ1) is 33.5. The number of benzene rings is 2. The first-order valence-corrected chi connectivity index (χ1v) is 16.8. The van der Waals surface area contributed by atoms with Crippen LogP contribution < -0.4 is 4.74 Å². The second-order valence-corrected chi connectivity index (χ2v) is 13.1. The normalized spacial score (nSPS) is 22.8. The molecule has 1 aliphatic carbocycles. The summed E-state index contributed by atoms with van der Waals surface area (Å²) in [5, 5.41) is 19.2. The van der Waals surface area contributed by atoms with Gasteiger partial charge in [0, 0.05) is 18.9 Å². The molecule has 2 aliphatic heterocycles. The van der Waals surface area contributed by atoms with E-state index in [0.717, 1.165) is 59.3 Å². The number of carbonyl (C=O) groups excluding carboxylic acids is 2. The highest BCUT2D eigenvalue weighted by Gasteiger charge is 2.56. The van der Waals surface area contributed by atoms with Crippen LogP contribution in [0.3, 0.4) is 0 Å². The Hall–Kier alpha value is -3.91. The van der Waals surface area contributed by atoms with E-state index in [4.69, 9.17) is 14.6 Å². The smallest absolute Gasteiger partial charge is 0.303 e. The number of nitrogens with zero attached hydrogens (tertiary/aromatic N) is 1. The molecule has 46 heavy (non-hydrogen) atoms. The molecule has 0 aromatic heterocycles. The maximum Gasteiger partial charge on any atom is 0.303 e. The molecule has 3 aliphatic rings. The number of hydrogen-bond donors (Lipinski definition) is 2. The van der Waals surface area contributed by atoms with Crippen LogP contribution in [0.2, 0.25) is 0 Å². The molecule has 5 rings (SSSR count). The Balaban J connectivity index is 1.35. The monoisotopic (exact) mass is 629 g/mol. The van der Waals surface area contributed by atoms with Gasteiger partial charge in [-0.2, -0.15) is 0 Å². The first-order valence-electron chi connectivity index (χ1n) is 16.8. The van der Waals surface area contributed by atoms with Crippen molar-refractivity contribution in [1.29, 1.82) is 0 Å². The molecule has 2 fully saturated rings. The number of phenolic OH excluding ortho intramolecular Hbond substituents is 1. The summed E-state index contributed by atoms with van der Waals surface area (Å²) >= 11 is 0. The molecule has 8 heteroatoms. The van der Waals surface area contributed by atoms with Crippen LogP contribution >= 0.6 is 0 Å². The molecule has 2 N–H and O–H groups in total. The SMILES string of the molecule is CCC/C(=C\c1cc(C)c(O)c(C)c1)CC[C@H]1OC[C@H]2C1=C(COc1ccccc1)C[C@H]1C(=O)N(CCCCCC(=O)O)C(=O)[C@H]12. The number of carbonyl (C=O) groups is 3. The lowest BCUT2D eigenvalue weighted by Crippen LogP contribution is -2.35. The van der Waals surface area contributed by atoms with Gasteiger partial charge >= 0.3 is 5.97 Å². The number of phenols is 1. The third kappa shape index (κ3) is 7.55. The van der Waals surface area contributed by atoms with Crippen molar-refractivity contribution in [3.63, 3.8) is 0 Å². The van der Waals surface area contributed by atoms with Gasteiger partial charge in [-0.1, -0.05) is 49.6 Å². The molecule has 0 bridgehead atoms. The van der Waals surface area contributed by atoms with Gasteiger partial charge in [-0.25, -0.2) is 0 Å². The molecular formula is C38H47NO7. The van der Waals surface area contributed by atoms with Crippen LogP contribution in [0.4, 0.5) is 0 Å². The van der Waals surface area contributed by atoms with Gasteiger partial charge in [0.2, 0.25) is 11.8 Å². The van der Waals surface area contributed by atoms with Crippen LogP contribution in [-0.4, -0.2) is 58.8 Å². The third-order valence-electron chi connectivity index (χ3n) is 9.71. The number of imide groups is 1. The Morgan fingerprint density at radius 3 is 2.43 bits per heavy atom. The van der Waals surface area contributed by atoms with Crippen molar-refractivity contribution in [3.05, 3.63) is 75.9 Å². The van der Waals surface area contributed by atoms with Crippen molar-refractivity contribution in [2.24, 2.45) is 17.8 Å². The molecule has 2 heterocycles. The number of carboxylic acid groups (broad SMARTS) is 1. The van der Waals surface area contributed by atoms with Crippen LogP contribution in [-0.2, 0) is 19.1 Å². The number of para-hydroxylation sites is 1. The standard InChI is InChI=1S/C38H47NO7/c1-4-11-26(20-27-18-24(2)36(42)25(3)19-27)15-16-32-34-28(22-45-29-12-7-5-8-13-29)21-30-35(31(34)23-46-32)38(44)39(37(30)43)17-10-6-9-14-33(40)41/h5,7-8,12-13,18-20,30-32,35,42H,4,6,9-11,14-17,21-23H2,1-3H3,(H,40,41)/b26-20+/t30-,31+,32-,35-/m1/s1. The average Bonchev–Trinajstić information content (AvgIpc) is 3.56. The minimum Gasteiger partial charge on any atom is -0.507 e. The van der Waals surface area contributed by atoms with Gasteiger partial charge in [-0.15, -0.1) is 0 Å². The number of aliphatic carboxylic acids is 1. The minimum absolute atomic E-state index is 0.0926. The third-order valence-corrected chi connectivity index (χ3v) is 9.71. The predicted octanol–water partition coefficient (Wildman–Crippen LogP) is 7.01. The van der Waals surface area contributed by atoms with Crippen LogP contribution in [0.25, 0.3) is 6.08 Å². The second-order valence-electron chi connectivity index (χ2n) is 13.1. The Morgan fingerprint density at radius 1 is 1.00 bits per heavy atom. The Bertz CT molecular complexity index is 1470. The summed E-state index contributed by atoms with van der Waals surface area (Å²) < 4.78 is 12.7. The van der Waals surface area contributed by atoms with E-state index in [9.17, 15) is 19.5 Å².